The Labute approximate surface area is 88.8 Å². The molecule has 4 heteroatoms. The van der Waals surface area contributed by atoms with Crippen molar-refractivity contribution in [3.05, 3.63) is 16.1 Å². The van der Waals surface area contributed by atoms with E-state index in [1.165, 1.54) is 4.88 Å². The first kappa shape index (κ1) is 11.2. The first-order valence-corrected chi connectivity index (χ1v) is 5.50. The van der Waals surface area contributed by atoms with Crippen molar-refractivity contribution >= 4 is 11.3 Å². The van der Waals surface area contributed by atoms with Crippen molar-refractivity contribution in [3.63, 3.8) is 0 Å². The average Bonchev–Trinajstić information content (AvgIpc) is 2.60. The number of rotatable bonds is 4. The number of hydrogen-bond donors (Lipinski definition) is 1. The summed E-state index contributed by atoms with van der Waals surface area (Å²) in [5.74, 6) is 0.0542. The van der Waals surface area contributed by atoms with Gasteiger partial charge in [0.1, 0.15) is 5.01 Å². The number of nitrogens with zero attached hydrogens (tertiary/aromatic N) is 2. The lowest BCUT2D eigenvalue weighted by Crippen LogP contribution is -2.23. The third-order valence-electron chi connectivity index (χ3n) is 1.96. The van der Waals surface area contributed by atoms with Gasteiger partial charge in [0.15, 0.2) is 0 Å². The summed E-state index contributed by atoms with van der Waals surface area (Å²) in [6, 6.07) is 2.44. The van der Waals surface area contributed by atoms with Crippen molar-refractivity contribution in [2.24, 2.45) is 5.92 Å². The SMILES string of the molecule is Cc1cnc(C(C)NCC(C)C#N)s1. The standard InChI is InChI=1S/C10H15N3S/c1-7(4-11)5-12-9(3)10-13-6-8(2)14-10/h6-7,9,12H,5H2,1-3H3. The van der Waals surface area contributed by atoms with E-state index in [-0.39, 0.29) is 12.0 Å². The van der Waals surface area contributed by atoms with Gasteiger partial charge in [-0.25, -0.2) is 4.98 Å². The van der Waals surface area contributed by atoms with Gasteiger partial charge in [-0.05, 0) is 20.8 Å². The summed E-state index contributed by atoms with van der Waals surface area (Å²) in [6.07, 6.45) is 1.88. The van der Waals surface area contributed by atoms with E-state index in [9.17, 15) is 0 Å². The molecule has 14 heavy (non-hydrogen) atoms. The van der Waals surface area contributed by atoms with Crippen LogP contribution in [0.25, 0.3) is 0 Å². The van der Waals surface area contributed by atoms with Crippen LogP contribution >= 0.6 is 11.3 Å². The van der Waals surface area contributed by atoms with Crippen LogP contribution < -0.4 is 5.32 Å². The summed E-state index contributed by atoms with van der Waals surface area (Å²) in [5.41, 5.74) is 0. The van der Waals surface area contributed by atoms with Crippen molar-refractivity contribution in [3.8, 4) is 6.07 Å². The molecular weight excluding hydrogens is 194 g/mol. The minimum Gasteiger partial charge on any atom is -0.307 e. The molecular formula is C10H15N3S. The molecule has 2 atom stereocenters. The second kappa shape index (κ2) is 5.08. The Kier molecular flexibility index (Phi) is 4.05. The highest BCUT2D eigenvalue weighted by Gasteiger charge is 2.09. The van der Waals surface area contributed by atoms with Gasteiger partial charge in [0, 0.05) is 17.6 Å². The molecule has 0 aromatic carbocycles. The van der Waals surface area contributed by atoms with Gasteiger partial charge >= 0.3 is 0 Å². The maximum Gasteiger partial charge on any atom is 0.109 e. The average molecular weight is 209 g/mol. The second-order valence-electron chi connectivity index (χ2n) is 3.47. The van der Waals surface area contributed by atoms with Gasteiger partial charge in [-0.15, -0.1) is 11.3 Å². The summed E-state index contributed by atoms with van der Waals surface area (Å²) in [5, 5.41) is 13.0. The molecule has 0 bridgehead atoms. The molecule has 0 saturated heterocycles. The molecule has 1 aromatic heterocycles. The van der Waals surface area contributed by atoms with Gasteiger partial charge in [-0.1, -0.05) is 0 Å². The van der Waals surface area contributed by atoms with Crippen molar-refractivity contribution in [2.45, 2.75) is 26.8 Å². The van der Waals surface area contributed by atoms with E-state index in [0.717, 1.165) is 11.6 Å². The number of nitrogens with one attached hydrogen (secondary N) is 1. The Morgan fingerprint density at radius 2 is 2.36 bits per heavy atom. The quantitative estimate of drug-likeness (QED) is 0.827. The lowest BCUT2D eigenvalue weighted by Gasteiger charge is -2.11. The van der Waals surface area contributed by atoms with Crippen molar-refractivity contribution in [1.82, 2.24) is 10.3 Å². The maximum atomic E-state index is 8.62. The van der Waals surface area contributed by atoms with Crippen LogP contribution in [0.3, 0.4) is 0 Å². The number of aryl methyl sites for hydroxylation is 1. The molecule has 0 fully saturated rings. The molecule has 0 saturated carbocycles. The summed E-state index contributed by atoms with van der Waals surface area (Å²) >= 11 is 1.70. The minimum absolute atomic E-state index is 0.0542. The number of thiazole rings is 1. The molecule has 1 aromatic rings. The Hall–Kier alpha value is -0.920. The van der Waals surface area contributed by atoms with Gasteiger partial charge < -0.3 is 5.32 Å². The van der Waals surface area contributed by atoms with E-state index in [4.69, 9.17) is 5.26 Å². The number of hydrogen-bond acceptors (Lipinski definition) is 4. The van der Waals surface area contributed by atoms with E-state index >= 15 is 0 Å². The second-order valence-corrected chi connectivity index (χ2v) is 4.74. The molecule has 0 amide bonds. The summed E-state index contributed by atoms with van der Waals surface area (Å²) in [7, 11) is 0. The minimum atomic E-state index is 0.0542. The van der Waals surface area contributed by atoms with E-state index in [2.05, 4.69) is 23.3 Å². The zero-order chi connectivity index (χ0) is 10.6. The van der Waals surface area contributed by atoms with Crippen molar-refractivity contribution < 1.29 is 0 Å². The molecule has 0 aliphatic carbocycles. The predicted octanol–water partition coefficient (Wildman–Crippen LogP) is 2.26. The van der Waals surface area contributed by atoms with Crippen LogP contribution in [0.5, 0.6) is 0 Å². The van der Waals surface area contributed by atoms with Crippen LogP contribution in [0.1, 0.15) is 29.8 Å². The molecule has 1 N–H and O–H groups in total. The van der Waals surface area contributed by atoms with Crippen LogP contribution in [0, 0.1) is 24.2 Å². The van der Waals surface area contributed by atoms with Gasteiger partial charge in [0.05, 0.1) is 18.0 Å². The van der Waals surface area contributed by atoms with E-state index in [0.29, 0.717) is 0 Å². The third-order valence-corrected chi connectivity index (χ3v) is 3.06. The molecule has 0 aliphatic rings. The summed E-state index contributed by atoms with van der Waals surface area (Å²) in [4.78, 5) is 5.52. The molecule has 3 nitrogen and oxygen atoms in total. The highest BCUT2D eigenvalue weighted by molar-refractivity contribution is 7.11. The van der Waals surface area contributed by atoms with E-state index < -0.39 is 0 Å². The fourth-order valence-corrected chi connectivity index (χ4v) is 1.86. The molecule has 1 rings (SSSR count). The highest BCUT2D eigenvalue weighted by atomic mass is 32.1. The Morgan fingerprint density at radius 1 is 1.64 bits per heavy atom. The summed E-state index contributed by atoms with van der Waals surface area (Å²) < 4.78 is 0. The fraction of sp³-hybridized carbons (Fsp3) is 0.600. The van der Waals surface area contributed by atoms with Crippen LogP contribution in [0.4, 0.5) is 0 Å². The molecule has 76 valence electrons. The number of aromatic nitrogens is 1. The predicted molar refractivity (Wildman–Crippen MR) is 58.0 cm³/mol. The molecule has 0 spiro atoms. The van der Waals surface area contributed by atoms with Crippen molar-refractivity contribution in [2.75, 3.05) is 6.54 Å². The zero-order valence-corrected chi connectivity index (χ0v) is 9.56. The molecule has 1 heterocycles. The molecule has 0 aliphatic heterocycles. The van der Waals surface area contributed by atoms with Crippen LogP contribution in [0.15, 0.2) is 6.20 Å². The Balaban J connectivity index is 2.43. The summed E-state index contributed by atoms with van der Waals surface area (Å²) in [6.45, 7) is 6.75. The lowest BCUT2D eigenvalue weighted by atomic mass is 10.2. The fourth-order valence-electron chi connectivity index (χ4n) is 1.06. The van der Waals surface area contributed by atoms with Crippen molar-refractivity contribution in [1.29, 1.82) is 5.26 Å². The lowest BCUT2D eigenvalue weighted by molar-refractivity contribution is 0.526. The van der Waals surface area contributed by atoms with Gasteiger partial charge in [-0.2, -0.15) is 5.26 Å². The van der Waals surface area contributed by atoms with Gasteiger partial charge in [-0.3, -0.25) is 0 Å². The smallest absolute Gasteiger partial charge is 0.109 e. The molecule has 2 unspecified atom stereocenters. The van der Waals surface area contributed by atoms with E-state index in [1.54, 1.807) is 11.3 Å². The largest absolute Gasteiger partial charge is 0.307 e. The van der Waals surface area contributed by atoms with Crippen LogP contribution in [-0.4, -0.2) is 11.5 Å². The normalized spacial score (nSPS) is 14.7. The van der Waals surface area contributed by atoms with Crippen LogP contribution in [0.2, 0.25) is 0 Å². The number of nitriles is 1. The maximum absolute atomic E-state index is 8.62. The molecule has 0 radical (unpaired) electrons. The van der Waals surface area contributed by atoms with Gasteiger partial charge in [0.25, 0.3) is 0 Å². The Morgan fingerprint density at radius 3 is 2.86 bits per heavy atom. The van der Waals surface area contributed by atoms with Crippen LogP contribution in [-0.2, 0) is 0 Å². The Bertz CT molecular complexity index is 326. The van der Waals surface area contributed by atoms with Gasteiger partial charge in [0.2, 0.25) is 0 Å². The third kappa shape index (κ3) is 3.09. The first-order chi connectivity index (χ1) is 6.63. The first-order valence-electron chi connectivity index (χ1n) is 4.68. The highest BCUT2D eigenvalue weighted by Crippen LogP contribution is 2.18. The zero-order valence-electron chi connectivity index (χ0n) is 8.74. The topological polar surface area (TPSA) is 48.7 Å². The van der Waals surface area contributed by atoms with E-state index in [1.807, 2.05) is 20.0 Å². The monoisotopic (exact) mass is 209 g/mol.